The quantitative estimate of drug-likeness (QED) is 0.816. The van der Waals surface area contributed by atoms with Gasteiger partial charge >= 0.3 is 0 Å². The number of ether oxygens (including phenoxy) is 1. The van der Waals surface area contributed by atoms with Crippen LogP contribution < -0.4 is 0 Å². The third-order valence-electron chi connectivity index (χ3n) is 3.56. The zero-order valence-corrected chi connectivity index (χ0v) is 12.6. The number of benzene rings is 2. The van der Waals surface area contributed by atoms with E-state index in [1.54, 1.807) is 0 Å². The van der Waals surface area contributed by atoms with Gasteiger partial charge in [0.1, 0.15) is 0 Å². The Balaban J connectivity index is 1.80. The van der Waals surface area contributed by atoms with Crippen molar-refractivity contribution < 1.29 is 14.4 Å². The molecule has 4 nitrogen and oxygen atoms in total. The van der Waals surface area contributed by atoms with Crippen LogP contribution >= 0.6 is 0 Å². The highest BCUT2D eigenvalue weighted by Gasteiger charge is 2.38. The summed E-state index contributed by atoms with van der Waals surface area (Å²) < 4.78 is 5.98. The van der Waals surface area contributed by atoms with Crippen molar-refractivity contribution in [3.05, 3.63) is 71.3 Å². The van der Waals surface area contributed by atoms with Crippen LogP contribution in [0.2, 0.25) is 0 Å². The van der Waals surface area contributed by atoms with Crippen LogP contribution in [0.1, 0.15) is 41.1 Å². The van der Waals surface area contributed by atoms with Crippen LogP contribution in [0.4, 0.5) is 0 Å². The molecule has 1 amide bonds. The summed E-state index contributed by atoms with van der Waals surface area (Å²) in [5.41, 5.74) is 2.57. The maximum atomic E-state index is 12.4. The Labute approximate surface area is 130 Å². The minimum atomic E-state index is -0.490. The Kier molecular flexibility index (Phi) is 4.51. The van der Waals surface area contributed by atoms with Crippen LogP contribution in [0.5, 0.6) is 0 Å². The van der Waals surface area contributed by atoms with Gasteiger partial charge in [-0.25, -0.2) is 0 Å². The summed E-state index contributed by atoms with van der Waals surface area (Å²) in [4.78, 5) is 18.1. The molecule has 2 aromatic carbocycles. The Hall–Kier alpha value is -2.17. The molecule has 1 heterocycles. The number of rotatable bonds is 6. The first kappa shape index (κ1) is 14.8. The van der Waals surface area contributed by atoms with Crippen LogP contribution in [0.15, 0.2) is 54.6 Å². The Morgan fingerprint density at radius 1 is 1.05 bits per heavy atom. The monoisotopic (exact) mass is 297 g/mol. The molecule has 0 radical (unpaired) electrons. The van der Waals surface area contributed by atoms with Gasteiger partial charge in [0.25, 0.3) is 5.91 Å². The second kappa shape index (κ2) is 6.73. The summed E-state index contributed by atoms with van der Waals surface area (Å²) in [6.07, 6.45) is 0.349. The van der Waals surface area contributed by atoms with E-state index in [-0.39, 0.29) is 5.91 Å². The number of carbonyl (C=O) groups is 1. The standard InChI is InChI=1S/C18H19NO3/c1-2-12-22-19-17(20)15-10-6-7-11-16(15)18(19)21-13-14-8-4-3-5-9-14/h3-11,18H,2,12-13H2,1H3. The molecule has 0 saturated carbocycles. The fourth-order valence-corrected chi connectivity index (χ4v) is 2.48. The van der Waals surface area contributed by atoms with Gasteiger partial charge in [0.2, 0.25) is 0 Å². The molecule has 114 valence electrons. The predicted molar refractivity (Wildman–Crippen MR) is 82.8 cm³/mol. The lowest BCUT2D eigenvalue weighted by Crippen LogP contribution is -2.30. The second-order valence-corrected chi connectivity index (χ2v) is 5.20. The fourth-order valence-electron chi connectivity index (χ4n) is 2.48. The summed E-state index contributed by atoms with van der Waals surface area (Å²) in [5, 5.41) is 1.36. The van der Waals surface area contributed by atoms with Gasteiger partial charge in [0, 0.05) is 11.1 Å². The molecule has 1 unspecified atom stereocenters. The van der Waals surface area contributed by atoms with E-state index in [2.05, 4.69) is 0 Å². The Bertz CT molecular complexity index is 642. The maximum absolute atomic E-state index is 12.4. The SMILES string of the molecule is CCCON1C(=O)c2ccccc2C1OCc1ccccc1. The van der Waals surface area contributed by atoms with Gasteiger partial charge in [-0.1, -0.05) is 55.5 Å². The molecule has 1 aliphatic heterocycles. The third-order valence-corrected chi connectivity index (χ3v) is 3.56. The highest BCUT2D eigenvalue weighted by atomic mass is 16.7. The number of amides is 1. The zero-order chi connectivity index (χ0) is 15.4. The van der Waals surface area contributed by atoms with Crippen molar-refractivity contribution in [1.29, 1.82) is 0 Å². The van der Waals surface area contributed by atoms with E-state index >= 15 is 0 Å². The molecule has 0 fully saturated rings. The second-order valence-electron chi connectivity index (χ2n) is 5.20. The van der Waals surface area contributed by atoms with Crippen LogP contribution in [-0.4, -0.2) is 17.6 Å². The summed E-state index contributed by atoms with van der Waals surface area (Å²) in [7, 11) is 0. The summed E-state index contributed by atoms with van der Waals surface area (Å²) >= 11 is 0. The molecule has 22 heavy (non-hydrogen) atoms. The molecule has 0 bridgehead atoms. The topological polar surface area (TPSA) is 38.8 Å². The smallest absolute Gasteiger partial charge is 0.280 e. The van der Waals surface area contributed by atoms with Gasteiger partial charge in [-0.15, -0.1) is 0 Å². The van der Waals surface area contributed by atoms with Crippen molar-refractivity contribution >= 4 is 5.91 Å². The molecular formula is C18H19NO3. The van der Waals surface area contributed by atoms with E-state index in [1.807, 2.05) is 61.5 Å². The molecule has 4 heteroatoms. The Morgan fingerprint density at radius 2 is 1.77 bits per heavy atom. The molecule has 1 atom stereocenters. The lowest BCUT2D eigenvalue weighted by atomic mass is 10.1. The fraction of sp³-hybridized carbons (Fsp3) is 0.278. The largest absolute Gasteiger partial charge is 0.347 e. The van der Waals surface area contributed by atoms with E-state index in [9.17, 15) is 4.79 Å². The van der Waals surface area contributed by atoms with E-state index in [4.69, 9.17) is 9.57 Å². The van der Waals surface area contributed by atoms with E-state index < -0.39 is 6.23 Å². The average molecular weight is 297 g/mol. The number of fused-ring (bicyclic) bond motifs is 1. The molecule has 0 aliphatic carbocycles. The number of hydroxylamine groups is 2. The van der Waals surface area contributed by atoms with Crippen molar-refractivity contribution in [1.82, 2.24) is 5.06 Å². The van der Waals surface area contributed by atoms with E-state index in [0.717, 1.165) is 17.5 Å². The van der Waals surface area contributed by atoms with Gasteiger partial charge in [-0.05, 0) is 18.1 Å². The van der Waals surface area contributed by atoms with Gasteiger partial charge in [0.15, 0.2) is 6.23 Å². The minimum absolute atomic E-state index is 0.137. The molecular weight excluding hydrogens is 278 g/mol. The average Bonchev–Trinajstić information content (AvgIpc) is 2.84. The molecule has 0 spiro atoms. The number of nitrogens with zero attached hydrogens (tertiary/aromatic N) is 1. The first-order chi connectivity index (χ1) is 10.8. The van der Waals surface area contributed by atoms with Gasteiger partial charge < -0.3 is 4.74 Å². The van der Waals surface area contributed by atoms with Crippen LogP contribution in [0, 0.1) is 0 Å². The summed E-state index contributed by atoms with van der Waals surface area (Å²) in [6.45, 7) is 2.93. The van der Waals surface area contributed by atoms with Gasteiger partial charge in [0.05, 0.1) is 13.2 Å². The maximum Gasteiger partial charge on any atom is 0.280 e. The normalized spacial score (nSPS) is 16.9. The molecule has 0 aromatic heterocycles. The number of hydrogen-bond donors (Lipinski definition) is 0. The first-order valence-electron chi connectivity index (χ1n) is 7.52. The highest BCUT2D eigenvalue weighted by molar-refractivity contribution is 5.98. The number of carbonyl (C=O) groups excluding carboxylic acids is 1. The van der Waals surface area contributed by atoms with E-state index in [0.29, 0.717) is 18.8 Å². The summed E-state index contributed by atoms with van der Waals surface area (Å²) in [5.74, 6) is -0.137. The predicted octanol–water partition coefficient (Wildman–Crippen LogP) is 3.70. The first-order valence-corrected chi connectivity index (χ1v) is 7.52. The van der Waals surface area contributed by atoms with Gasteiger partial charge in [-0.2, -0.15) is 5.06 Å². The zero-order valence-electron chi connectivity index (χ0n) is 12.6. The highest BCUT2D eigenvalue weighted by Crippen LogP contribution is 2.35. The third kappa shape index (κ3) is 2.89. The van der Waals surface area contributed by atoms with Gasteiger partial charge in [-0.3, -0.25) is 9.63 Å². The molecule has 2 aromatic rings. The molecule has 0 N–H and O–H groups in total. The Morgan fingerprint density at radius 3 is 2.55 bits per heavy atom. The van der Waals surface area contributed by atoms with Crippen LogP contribution in [-0.2, 0) is 16.2 Å². The van der Waals surface area contributed by atoms with E-state index in [1.165, 1.54) is 5.06 Å². The lowest BCUT2D eigenvalue weighted by Gasteiger charge is -2.24. The molecule has 0 saturated heterocycles. The van der Waals surface area contributed by atoms with Crippen molar-refractivity contribution in [3.8, 4) is 0 Å². The number of hydrogen-bond acceptors (Lipinski definition) is 3. The van der Waals surface area contributed by atoms with Crippen molar-refractivity contribution in [2.24, 2.45) is 0 Å². The molecule has 3 rings (SSSR count). The van der Waals surface area contributed by atoms with Crippen LogP contribution in [0.3, 0.4) is 0 Å². The van der Waals surface area contributed by atoms with Crippen LogP contribution in [0.25, 0.3) is 0 Å². The molecule has 1 aliphatic rings. The van der Waals surface area contributed by atoms with Crippen molar-refractivity contribution in [3.63, 3.8) is 0 Å². The lowest BCUT2D eigenvalue weighted by molar-refractivity contribution is -0.219. The summed E-state index contributed by atoms with van der Waals surface area (Å²) in [6, 6.07) is 17.4. The van der Waals surface area contributed by atoms with Crippen molar-refractivity contribution in [2.45, 2.75) is 26.2 Å². The van der Waals surface area contributed by atoms with Crippen molar-refractivity contribution in [2.75, 3.05) is 6.61 Å². The minimum Gasteiger partial charge on any atom is -0.347 e.